The number of nitrogens with zero attached hydrogens (tertiary/aromatic N) is 1. The number of likely N-dealkylation sites (tertiary alicyclic amines) is 1. The van der Waals surface area contributed by atoms with Crippen molar-refractivity contribution in [1.82, 2.24) is 4.90 Å². The van der Waals surface area contributed by atoms with E-state index < -0.39 is 0 Å². The molecule has 0 bridgehead atoms. The summed E-state index contributed by atoms with van der Waals surface area (Å²) in [6, 6.07) is 0.490. The molecule has 2 nitrogen and oxygen atoms in total. The summed E-state index contributed by atoms with van der Waals surface area (Å²) in [5, 5.41) is 1.00. The van der Waals surface area contributed by atoms with Gasteiger partial charge in [-0.2, -0.15) is 0 Å². The molecular formula is C12H22BrNO. The summed E-state index contributed by atoms with van der Waals surface area (Å²) >= 11 is 3.47. The van der Waals surface area contributed by atoms with Gasteiger partial charge in [0, 0.05) is 24.3 Å². The molecule has 0 aromatic rings. The first kappa shape index (κ1) is 13.0. The largest absolute Gasteiger partial charge is 0.340 e. The molecule has 15 heavy (non-hydrogen) atoms. The highest BCUT2D eigenvalue weighted by atomic mass is 79.9. The maximum atomic E-state index is 12.0. The van der Waals surface area contributed by atoms with Gasteiger partial charge in [-0.15, -0.1) is 0 Å². The van der Waals surface area contributed by atoms with Crippen LogP contribution in [0.25, 0.3) is 0 Å². The van der Waals surface area contributed by atoms with Gasteiger partial charge in [0.2, 0.25) is 5.91 Å². The van der Waals surface area contributed by atoms with Crippen LogP contribution in [0.4, 0.5) is 0 Å². The predicted molar refractivity (Wildman–Crippen MR) is 67.2 cm³/mol. The van der Waals surface area contributed by atoms with Crippen LogP contribution in [0.15, 0.2) is 0 Å². The monoisotopic (exact) mass is 275 g/mol. The second-order valence-corrected chi connectivity index (χ2v) is 5.61. The fourth-order valence-electron chi connectivity index (χ4n) is 2.22. The number of carbonyl (C=O) groups is 1. The zero-order valence-corrected chi connectivity index (χ0v) is 11.4. The molecule has 88 valence electrons. The van der Waals surface area contributed by atoms with Crippen LogP contribution in [-0.2, 0) is 4.79 Å². The van der Waals surface area contributed by atoms with Crippen molar-refractivity contribution in [3.8, 4) is 0 Å². The molecule has 1 rings (SSSR count). The zero-order chi connectivity index (χ0) is 11.3. The van der Waals surface area contributed by atoms with Gasteiger partial charge >= 0.3 is 0 Å². The van der Waals surface area contributed by atoms with E-state index in [1.165, 1.54) is 19.3 Å². The highest BCUT2D eigenvalue weighted by Crippen LogP contribution is 2.22. The van der Waals surface area contributed by atoms with Crippen LogP contribution < -0.4 is 0 Å². The van der Waals surface area contributed by atoms with Gasteiger partial charge in [0.1, 0.15) is 0 Å². The Kier molecular flexibility index (Phi) is 5.65. The lowest BCUT2D eigenvalue weighted by atomic mass is 9.98. The van der Waals surface area contributed by atoms with E-state index in [9.17, 15) is 4.79 Å². The Hall–Kier alpha value is -0.0500. The maximum absolute atomic E-state index is 12.0. The third-order valence-corrected chi connectivity index (χ3v) is 3.43. The molecule has 1 heterocycles. The highest BCUT2D eigenvalue weighted by molar-refractivity contribution is 9.09. The standard InChI is InChI=1S/C12H22BrNO/c1-10(2)9-12(15)14-8-4-3-5-11(14)6-7-13/h10-11H,3-9H2,1-2H3. The van der Waals surface area contributed by atoms with E-state index in [-0.39, 0.29) is 0 Å². The summed E-state index contributed by atoms with van der Waals surface area (Å²) in [6.07, 6.45) is 5.46. The average molecular weight is 276 g/mol. The molecule has 1 aliphatic heterocycles. The number of rotatable bonds is 4. The minimum absolute atomic E-state index is 0.357. The first-order valence-corrected chi connectivity index (χ1v) is 7.12. The van der Waals surface area contributed by atoms with Gasteiger partial charge in [0.15, 0.2) is 0 Å². The Morgan fingerprint density at radius 3 is 2.80 bits per heavy atom. The molecule has 1 saturated heterocycles. The van der Waals surface area contributed by atoms with E-state index in [4.69, 9.17) is 0 Å². The van der Waals surface area contributed by atoms with Crippen LogP contribution in [0.3, 0.4) is 0 Å². The van der Waals surface area contributed by atoms with E-state index in [1.54, 1.807) is 0 Å². The quantitative estimate of drug-likeness (QED) is 0.722. The van der Waals surface area contributed by atoms with Crippen LogP contribution >= 0.6 is 15.9 Å². The number of carbonyl (C=O) groups excluding carboxylic acids is 1. The molecule has 0 aliphatic carbocycles. The van der Waals surface area contributed by atoms with Gasteiger partial charge in [-0.25, -0.2) is 0 Å². The molecular weight excluding hydrogens is 254 g/mol. The van der Waals surface area contributed by atoms with Gasteiger partial charge in [-0.1, -0.05) is 29.8 Å². The SMILES string of the molecule is CC(C)CC(=O)N1CCCCC1CCBr. The molecule has 0 aromatic carbocycles. The molecule has 0 spiro atoms. The lowest BCUT2D eigenvalue weighted by molar-refractivity contribution is -0.135. The van der Waals surface area contributed by atoms with Crippen LogP contribution in [0, 0.1) is 5.92 Å². The lowest BCUT2D eigenvalue weighted by Gasteiger charge is -2.36. The second-order valence-electron chi connectivity index (χ2n) is 4.81. The van der Waals surface area contributed by atoms with Crippen molar-refractivity contribution in [2.45, 2.75) is 52.0 Å². The van der Waals surface area contributed by atoms with Crippen LogP contribution in [-0.4, -0.2) is 28.7 Å². The molecule has 0 aromatic heterocycles. The molecule has 1 unspecified atom stereocenters. The van der Waals surface area contributed by atoms with Gasteiger partial charge in [-0.05, 0) is 31.6 Å². The number of amides is 1. The van der Waals surface area contributed by atoms with Crippen molar-refractivity contribution in [1.29, 1.82) is 0 Å². The molecule has 1 amide bonds. The van der Waals surface area contributed by atoms with Crippen molar-refractivity contribution in [3.05, 3.63) is 0 Å². The predicted octanol–water partition coefficient (Wildman–Crippen LogP) is 3.20. The topological polar surface area (TPSA) is 20.3 Å². The van der Waals surface area contributed by atoms with E-state index >= 15 is 0 Å². The summed E-state index contributed by atoms with van der Waals surface area (Å²) in [6.45, 7) is 5.20. The minimum atomic E-state index is 0.357. The number of alkyl halides is 1. The summed E-state index contributed by atoms with van der Waals surface area (Å²) in [7, 11) is 0. The second kappa shape index (κ2) is 6.51. The fraction of sp³-hybridized carbons (Fsp3) is 0.917. The number of hydrogen-bond donors (Lipinski definition) is 0. The van der Waals surface area contributed by atoms with E-state index in [1.807, 2.05) is 0 Å². The lowest BCUT2D eigenvalue weighted by Crippen LogP contribution is -2.44. The van der Waals surface area contributed by atoms with E-state index in [2.05, 4.69) is 34.7 Å². The van der Waals surface area contributed by atoms with Crippen molar-refractivity contribution in [3.63, 3.8) is 0 Å². The Labute approximate surface area is 102 Å². The van der Waals surface area contributed by atoms with Crippen molar-refractivity contribution in [2.24, 2.45) is 5.92 Å². The molecule has 1 aliphatic rings. The van der Waals surface area contributed by atoms with Gasteiger partial charge in [0.05, 0.1) is 0 Å². The summed E-state index contributed by atoms with van der Waals surface area (Å²) in [5.41, 5.74) is 0. The summed E-state index contributed by atoms with van der Waals surface area (Å²) in [4.78, 5) is 14.1. The molecule has 0 radical (unpaired) electrons. The van der Waals surface area contributed by atoms with Crippen LogP contribution in [0.1, 0.15) is 46.0 Å². The average Bonchev–Trinajstić information content (AvgIpc) is 2.18. The Balaban J connectivity index is 2.51. The van der Waals surface area contributed by atoms with Crippen LogP contribution in [0.5, 0.6) is 0 Å². The first-order valence-electron chi connectivity index (χ1n) is 6.00. The molecule has 3 heteroatoms. The highest BCUT2D eigenvalue weighted by Gasteiger charge is 2.25. The van der Waals surface area contributed by atoms with Crippen LogP contribution in [0.2, 0.25) is 0 Å². The Bertz CT molecular complexity index is 204. The zero-order valence-electron chi connectivity index (χ0n) is 9.84. The fourth-order valence-corrected chi connectivity index (χ4v) is 2.75. The summed E-state index contributed by atoms with van der Waals surface area (Å²) < 4.78 is 0. The molecule has 0 N–H and O–H groups in total. The van der Waals surface area contributed by atoms with E-state index in [0.29, 0.717) is 24.3 Å². The molecule has 0 saturated carbocycles. The van der Waals surface area contributed by atoms with Gasteiger partial charge in [0.25, 0.3) is 0 Å². The first-order chi connectivity index (χ1) is 7.15. The molecule has 1 fully saturated rings. The van der Waals surface area contributed by atoms with Gasteiger partial charge < -0.3 is 4.90 Å². The van der Waals surface area contributed by atoms with Gasteiger partial charge in [-0.3, -0.25) is 4.79 Å². The third-order valence-electron chi connectivity index (χ3n) is 2.97. The Morgan fingerprint density at radius 1 is 1.47 bits per heavy atom. The maximum Gasteiger partial charge on any atom is 0.223 e. The van der Waals surface area contributed by atoms with Crippen molar-refractivity contribution < 1.29 is 4.79 Å². The smallest absolute Gasteiger partial charge is 0.223 e. The van der Waals surface area contributed by atoms with Crippen molar-refractivity contribution >= 4 is 21.8 Å². The van der Waals surface area contributed by atoms with E-state index in [0.717, 1.165) is 18.3 Å². The number of hydrogen-bond acceptors (Lipinski definition) is 1. The summed E-state index contributed by atoms with van der Waals surface area (Å²) in [5.74, 6) is 0.833. The normalized spacial score (nSPS) is 22.1. The minimum Gasteiger partial charge on any atom is -0.340 e. The van der Waals surface area contributed by atoms with Crippen molar-refractivity contribution in [2.75, 3.05) is 11.9 Å². The number of piperidine rings is 1. The molecule has 1 atom stereocenters. The number of halogens is 1. The Morgan fingerprint density at radius 2 is 2.20 bits per heavy atom. The third kappa shape index (κ3) is 4.13.